The third-order valence-corrected chi connectivity index (χ3v) is 8.84. The molecule has 0 aliphatic carbocycles. The van der Waals surface area contributed by atoms with E-state index in [2.05, 4.69) is 39.3 Å². The Morgan fingerprint density at radius 1 is 1.02 bits per heavy atom. The Labute approximate surface area is 246 Å². The average molecular weight is 594 g/mol. The van der Waals surface area contributed by atoms with Crippen LogP contribution in [0.2, 0.25) is 10.0 Å². The van der Waals surface area contributed by atoms with Crippen molar-refractivity contribution in [3.63, 3.8) is 0 Å². The van der Waals surface area contributed by atoms with Gasteiger partial charge in [-0.3, -0.25) is 0 Å². The van der Waals surface area contributed by atoms with Gasteiger partial charge in [0.15, 0.2) is 0 Å². The second-order valence-electron chi connectivity index (χ2n) is 9.73. The van der Waals surface area contributed by atoms with Crippen LogP contribution in [0.4, 0.5) is 23.0 Å². The van der Waals surface area contributed by atoms with Crippen LogP contribution in [0.3, 0.4) is 0 Å². The van der Waals surface area contributed by atoms with Crippen molar-refractivity contribution in [2.24, 2.45) is 0 Å². The quantitative estimate of drug-likeness (QED) is 0.238. The van der Waals surface area contributed by atoms with Crippen LogP contribution in [0.1, 0.15) is 15.9 Å². The minimum Gasteiger partial charge on any atom is -0.478 e. The minimum atomic E-state index is -1.00. The fourth-order valence-corrected chi connectivity index (χ4v) is 6.36. The molecule has 3 aromatic carbocycles. The summed E-state index contributed by atoms with van der Waals surface area (Å²) in [6, 6.07) is 18.7. The molecule has 0 amide bonds. The van der Waals surface area contributed by atoms with Gasteiger partial charge in [-0.05, 0) is 73.6 Å². The lowest BCUT2D eigenvalue weighted by Gasteiger charge is -2.34. The second kappa shape index (κ2) is 11.2. The van der Waals surface area contributed by atoms with Crippen LogP contribution in [0.25, 0.3) is 11.3 Å². The molecule has 3 heterocycles. The fourth-order valence-electron chi connectivity index (χ4n) is 4.82. The normalized spacial score (nSPS) is 15.0. The number of nitrogens with one attached hydrogen (secondary N) is 1. The summed E-state index contributed by atoms with van der Waals surface area (Å²) >= 11 is 14.4. The summed E-state index contributed by atoms with van der Waals surface area (Å²) in [4.78, 5) is 26.8. The molecule has 1 fully saturated rings. The molecule has 0 radical (unpaired) electrons. The molecule has 0 spiro atoms. The van der Waals surface area contributed by atoms with Crippen molar-refractivity contribution < 1.29 is 9.90 Å². The molecule has 11 heteroatoms. The number of carboxylic acids is 1. The number of likely N-dealkylation sites (N-methyl/N-ethyl adjacent to an activating group) is 1. The molecule has 6 rings (SSSR count). The zero-order valence-corrected chi connectivity index (χ0v) is 24.0. The Kier molecular flexibility index (Phi) is 7.46. The first-order valence-electron chi connectivity index (χ1n) is 12.8. The van der Waals surface area contributed by atoms with Gasteiger partial charge in [0, 0.05) is 64.9 Å². The highest BCUT2D eigenvalue weighted by Gasteiger charge is 2.28. The number of nitrogens with zero attached hydrogens (tertiary/aromatic N) is 5. The van der Waals surface area contributed by atoms with E-state index in [9.17, 15) is 9.90 Å². The Hall–Kier alpha value is -3.50. The molecule has 0 bridgehead atoms. The number of carbonyl (C=O) groups is 1. The van der Waals surface area contributed by atoms with Crippen LogP contribution in [0.15, 0.2) is 71.8 Å². The van der Waals surface area contributed by atoms with E-state index >= 15 is 0 Å². The zero-order valence-electron chi connectivity index (χ0n) is 21.6. The number of halogens is 2. The zero-order chi connectivity index (χ0) is 27.8. The van der Waals surface area contributed by atoms with Gasteiger partial charge in [0.25, 0.3) is 0 Å². The van der Waals surface area contributed by atoms with Crippen molar-refractivity contribution >= 4 is 64.1 Å². The maximum atomic E-state index is 11.8. The molecule has 2 aliphatic rings. The molecular weight excluding hydrogens is 567 g/mol. The first-order chi connectivity index (χ1) is 19.4. The first-order valence-corrected chi connectivity index (χ1v) is 14.3. The van der Waals surface area contributed by atoms with E-state index < -0.39 is 5.97 Å². The number of piperazine rings is 1. The summed E-state index contributed by atoms with van der Waals surface area (Å²) < 4.78 is 1.98. The number of fused-ring (bicyclic) bond motifs is 3. The van der Waals surface area contributed by atoms with Crippen molar-refractivity contribution in [2.45, 2.75) is 11.4 Å². The predicted octanol–water partition coefficient (Wildman–Crippen LogP) is 6.67. The summed E-state index contributed by atoms with van der Waals surface area (Å²) in [5.74, 6) is -0.540. The first kappa shape index (κ1) is 26.7. The Morgan fingerprint density at radius 2 is 1.75 bits per heavy atom. The van der Waals surface area contributed by atoms with Crippen LogP contribution in [0, 0.1) is 0 Å². The molecule has 4 aromatic rings. The lowest BCUT2D eigenvalue weighted by molar-refractivity contribution is 0.0697. The van der Waals surface area contributed by atoms with E-state index in [0.29, 0.717) is 22.5 Å². The van der Waals surface area contributed by atoms with Gasteiger partial charge in [0.1, 0.15) is 0 Å². The minimum absolute atomic E-state index is 0.186. The molecule has 2 aliphatic heterocycles. The van der Waals surface area contributed by atoms with Crippen LogP contribution in [-0.2, 0) is 6.54 Å². The molecule has 0 atom stereocenters. The van der Waals surface area contributed by atoms with E-state index in [1.165, 1.54) is 17.6 Å². The summed E-state index contributed by atoms with van der Waals surface area (Å²) in [5, 5.41) is 14.1. The highest BCUT2D eigenvalue weighted by Crippen LogP contribution is 2.47. The Morgan fingerprint density at radius 3 is 2.45 bits per heavy atom. The summed E-state index contributed by atoms with van der Waals surface area (Å²) in [7, 11) is 2.15. The molecule has 204 valence electrons. The van der Waals surface area contributed by atoms with Crippen molar-refractivity contribution in [2.75, 3.05) is 47.7 Å². The van der Waals surface area contributed by atoms with Gasteiger partial charge in [-0.15, -0.1) is 0 Å². The van der Waals surface area contributed by atoms with E-state index in [1.54, 1.807) is 42.6 Å². The van der Waals surface area contributed by atoms with Crippen LogP contribution < -0.4 is 14.5 Å². The lowest BCUT2D eigenvalue weighted by Crippen LogP contribution is -2.44. The highest BCUT2D eigenvalue weighted by atomic mass is 35.5. The number of carboxylic acid groups (broad SMARTS) is 1. The van der Waals surface area contributed by atoms with Gasteiger partial charge in [-0.2, -0.15) is 0 Å². The molecule has 1 aromatic heterocycles. The topological polar surface area (TPSA) is 84.8 Å². The van der Waals surface area contributed by atoms with E-state index in [4.69, 9.17) is 28.2 Å². The van der Waals surface area contributed by atoms with Gasteiger partial charge in [-0.1, -0.05) is 29.3 Å². The van der Waals surface area contributed by atoms with Crippen molar-refractivity contribution in [3.05, 3.63) is 88.0 Å². The molecular formula is C29H26Cl2N6O2S. The van der Waals surface area contributed by atoms with E-state index in [0.717, 1.165) is 59.3 Å². The molecule has 40 heavy (non-hydrogen) atoms. The maximum absolute atomic E-state index is 11.8. The summed E-state index contributed by atoms with van der Waals surface area (Å²) in [6.07, 6.45) is 1.78. The number of benzene rings is 3. The average Bonchev–Trinajstić information content (AvgIpc) is 2.96. The van der Waals surface area contributed by atoms with Gasteiger partial charge in [-0.25, -0.2) is 14.8 Å². The van der Waals surface area contributed by atoms with Gasteiger partial charge < -0.3 is 24.5 Å². The summed E-state index contributed by atoms with van der Waals surface area (Å²) in [6.45, 7) is 4.51. The van der Waals surface area contributed by atoms with Crippen molar-refractivity contribution in [1.29, 1.82) is 0 Å². The molecule has 1 saturated heterocycles. The standard InChI is InChI=1S/C29H26Cl2N6O2S/c1-35-11-13-36(14-12-35)20-8-6-19(7-9-20)33-29-32-16-26-27(34-29)21-10-5-18(28(38)39)15-25(21)37(40-26)17-22-23(30)3-2-4-24(22)31/h2-10,15-16H,11-14,17H2,1H3,(H,38,39)(H,32,33,34). The van der Waals surface area contributed by atoms with Gasteiger partial charge in [0.05, 0.1) is 28.4 Å². The predicted molar refractivity (Wildman–Crippen MR) is 162 cm³/mol. The third-order valence-electron chi connectivity index (χ3n) is 7.09. The fraction of sp³-hybridized carbons (Fsp3) is 0.207. The molecule has 0 unspecified atom stereocenters. The van der Waals surface area contributed by atoms with Gasteiger partial charge >= 0.3 is 5.97 Å². The number of rotatable bonds is 6. The monoisotopic (exact) mass is 592 g/mol. The Balaban J connectivity index is 1.28. The van der Waals surface area contributed by atoms with Crippen LogP contribution in [0.5, 0.6) is 0 Å². The largest absolute Gasteiger partial charge is 0.478 e. The number of aromatic nitrogens is 2. The number of hydrogen-bond donors (Lipinski definition) is 2. The third kappa shape index (κ3) is 5.42. The lowest BCUT2D eigenvalue weighted by atomic mass is 10.0. The number of anilines is 4. The SMILES string of the molecule is CN1CCN(c2ccc(Nc3ncc4c(n3)-c3ccc(C(=O)O)cc3N(Cc3c(Cl)cccc3Cl)S4)cc2)CC1. The van der Waals surface area contributed by atoms with E-state index in [1.807, 2.05) is 16.4 Å². The number of hydrogen-bond acceptors (Lipinski definition) is 8. The van der Waals surface area contributed by atoms with Crippen LogP contribution >= 0.6 is 35.1 Å². The molecule has 8 nitrogen and oxygen atoms in total. The van der Waals surface area contributed by atoms with Crippen LogP contribution in [-0.4, -0.2) is 59.2 Å². The smallest absolute Gasteiger partial charge is 0.335 e. The number of aromatic carboxylic acids is 1. The van der Waals surface area contributed by atoms with E-state index in [-0.39, 0.29) is 5.56 Å². The summed E-state index contributed by atoms with van der Waals surface area (Å²) in [5.41, 5.74) is 5.27. The van der Waals surface area contributed by atoms with Gasteiger partial charge in [0.2, 0.25) is 5.95 Å². The molecule has 0 saturated carbocycles. The second-order valence-corrected chi connectivity index (χ2v) is 11.6. The Bertz CT molecular complexity index is 1560. The van der Waals surface area contributed by atoms with Crippen molar-refractivity contribution in [1.82, 2.24) is 14.9 Å². The maximum Gasteiger partial charge on any atom is 0.335 e. The highest BCUT2D eigenvalue weighted by molar-refractivity contribution is 8.00. The van der Waals surface area contributed by atoms with Crippen molar-refractivity contribution in [3.8, 4) is 11.3 Å². The molecule has 2 N–H and O–H groups in total.